The third kappa shape index (κ3) is 2.49. The number of fused-ring (bicyclic) bond motifs is 1. The maximum Gasteiger partial charge on any atom is 0.293 e. The standard InChI is InChI=1S/C14H12ClNO4S/c1-7(2)16-13(17)12(21-14(16)18)4-8-3-10-11(5-9(8)15)20-6-19-10/h3-5,7H,6H2,1-2H3/b12-4+. The van der Waals surface area contributed by atoms with Crippen molar-refractivity contribution in [2.24, 2.45) is 0 Å². The Morgan fingerprint density at radius 3 is 2.57 bits per heavy atom. The maximum atomic E-state index is 12.2. The van der Waals surface area contributed by atoms with Crippen LogP contribution in [0, 0.1) is 0 Å². The van der Waals surface area contributed by atoms with Gasteiger partial charge >= 0.3 is 0 Å². The molecule has 2 aliphatic rings. The molecule has 0 spiro atoms. The van der Waals surface area contributed by atoms with E-state index < -0.39 is 0 Å². The van der Waals surface area contributed by atoms with Crippen LogP contribution in [0.1, 0.15) is 19.4 Å². The van der Waals surface area contributed by atoms with E-state index in [1.807, 2.05) is 0 Å². The third-order valence-corrected chi connectivity index (χ3v) is 4.33. The Morgan fingerprint density at radius 1 is 1.29 bits per heavy atom. The van der Waals surface area contributed by atoms with Gasteiger partial charge in [-0.2, -0.15) is 0 Å². The van der Waals surface area contributed by atoms with Crippen LogP contribution in [0.15, 0.2) is 17.0 Å². The van der Waals surface area contributed by atoms with Gasteiger partial charge in [0.2, 0.25) is 6.79 Å². The lowest BCUT2D eigenvalue weighted by Crippen LogP contribution is -2.34. The van der Waals surface area contributed by atoms with Gasteiger partial charge in [0.25, 0.3) is 11.1 Å². The molecule has 0 bridgehead atoms. The summed E-state index contributed by atoms with van der Waals surface area (Å²) in [6, 6.07) is 3.17. The zero-order valence-corrected chi connectivity index (χ0v) is 13.0. The highest BCUT2D eigenvalue weighted by molar-refractivity contribution is 8.18. The van der Waals surface area contributed by atoms with Crippen molar-refractivity contribution in [1.29, 1.82) is 0 Å². The van der Waals surface area contributed by atoms with Crippen LogP contribution in [-0.2, 0) is 4.79 Å². The quantitative estimate of drug-likeness (QED) is 0.779. The molecule has 0 unspecified atom stereocenters. The summed E-state index contributed by atoms with van der Waals surface area (Å²) < 4.78 is 10.5. The first-order valence-electron chi connectivity index (χ1n) is 6.33. The van der Waals surface area contributed by atoms with Crippen molar-refractivity contribution in [3.63, 3.8) is 0 Å². The SMILES string of the molecule is CC(C)N1C(=O)S/C(=C/c2cc3c(cc2Cl)OCO3)C1=O. The molecule has 1 fully saturated rings. The van der Waals surface area contributed by atoms with E-state index >= 15 is 0 Å². The number of thioether (sulfide) groups is 1. The summed E-state index contributed by atoms with van der Waals surface area (Å²) in [5.74, 6) is 0.856. The molecule has 2 aliphatic heterocycles. The normalized spacial score (nSPS) is 19.2. The average Bonchev–Trinajstić information content (AvgIpc) is 2.94. The van der Waals surface area contributed by atoms with Gasteiger partial charge in [0, 0.05) is 12.1 Å². The minimum absolute atomic E-state index is 0.152. The predicted molar refractivity (Wildman–Crippen MR) is 80.5 cm³/mol. The summed E-state index contributed by atoms with van der Waals surface area (Å²) in [5, 5.41) is 0.175. The second-order valence-corrected chi connectivity index (χ2v) is 6.27. The molecule has 3 rings (SSSR count). The Hall–Kier alpha value is -1.66. The van der Waals surface area contributed by atoms with Gasteiger partial charge in [-0.1, -0.05) is 11.6 Å². The molecular formula is C14H12ClNO4S. The van der Waals surface area contributed by atoms with Gasteiger partial charge in [-0.15, -0.1) is 0 Å². The van der Waals surface area contributed by atoms with Gasteiger partial charge < -0.3 is 9.47 Å². The minimum Gasteiger partial charge on any atom is -0.454 e. The van der Waals surface area contributed by atoms with Crippen LogP contribution in [-0.4, -0.2) is 28.9 Å². The Balaban J connectivity index is 1.96. The van der Waals surface area contributed by atoms with Gasteiger partial charge in [0.15, 0.2) is 11.5 Å². The molecule has 1 saturated heterocycles. The van der Waals surface area contributed by atoms with Crippen molar-refractivity contribution >= 4 is 40.6 Å². The molecule has 5 nitrogen and oxygen atoms in total. The van der Waals surface area contributed by atoms with E-state index in [1.165, 1.54) is 4.90 Å². The molecule has 21 heavy (non-hydrogen) atoms. The smallest absolute Gasteiger partial charge is 0.293 e. The first kappa shape index (κ1) is 14.3. The lowest BCUT2D eigenvalue weighted by molar-refractivity contribution is -0.123. The van der Waals surface area contributed by atoms with Crippen molar-refractivity contribution < 1.29 is 19.1 Å². The third-order valence-electron chi connectivity index (χ3n) is 3.12. The van der Waals surface area contributed by atoms with Crippen molar-refractivity contribution in [3.8, 4) is 11.5 Å². The van der Waals surface area contributed by atoms with E-state index in [0.717, 1.165) is 11.8 Å². The molecule has 110 valence electrons. The zero-order valence-electron chi connectivity index (χ0n) is 11.4. The van der Waals surface area contributed by atoms with Crippen LogP contribution in [0.25, 0.3) is 6.08 Å². The van der Waals surface area contributed by atoms with E-state index in [0.29, 0.717) is 27.0 Å². The molecule has 1 aromatic carbocycles. The molecule has 0 saturated carbocycles. The number of hydrogen-bond donors (Lipinski definition) is 0. The summed E-state index contributed by atoms with van der Waals surface area (Å²) in [5.41, 5.74) is 0.621. The van der Waals surface area contributed by atoms with Crippen LogP contribution in [0.2, 0.25) is 5.02 Å². The van der Waals surface area contributed by atoms with Crippen molar-refractivity contribution in [3.05, 3.63) is 27.6 Å². The fourth-order valence-electron chi connectivity index (χ4n) is 2.11. The first-order chi connectivity index (χ1) is 9.97. The maximum absolute atomic E-state index is 12.2. The van der Waals surface area contributed by atoms with E-state index in [1.54, 1.807) is 32.1 Å². The molecule has 0 atom stereocenters. The topological polar surface area (TPSA) is 55.8 Å². The fourth-order valence-corrected chi connectivity index (χ4v) is 3.27. The Labute approximate surface area is 130 Å². The van der Waals surface area contributed by atoms with E-state index in [9.17, 15) is 9.59 Å². The molecule has 2 amide bonds. The number of imide groups is 1. The number of benzene rings is 1. The number of hydrogen-bond acceptors (Lipinski definition) is 5. The van der Waals surface area contributed by atoms with Gasteiger partial charge in [-0.05, 0) is 43.3 Å². The average molecular weight is 326 g/mol. The number of nitrogens with zero attached hydrogens (tertiary/aromatic N) is 1. The van der Waals surface area contributed by atoms with Crippen LogP contribution in [0.3, 0.4) is 0 Å². The highest BCUT2D eigenvalue weighted by atomic mass is 35.5. The molecule has 0 aliphatic carbocycles. The van der Waals surface area contributed by atoms with Gasteiger partial charge in [0.05, 0.1) is 9.93 Å². The number of halogens is 1. The zero-order chi connectivity index (χ0) is 15.1. The predicted octanol–water partition coefficient (Wildman–Crippen LogP) is 3.51. The summed E-state index contributed by atoms with van der Waals surface area (Å²) in [4.78, 5) is 25.7. The second kappa shape index (κ2) is 5.27. The summed E-state index contributed by atoms with van der Waals surface area (Å²) in [6.45, 7) is 3.75. The summed E-state index contributed by atoms with van der Waals surface area (Å²) >= 11 is 7.08. The molecule has 0 aromatic heterocycles. The van der Waals surface area contributed by atoms with E-state index in [-0.39, 0.29) is 24.0 Å². The number of carbonyl (C=O) groups is 2. The first-order valence-corrected chi connectivity index (χ1v) is 7.53. The van der Waals surface area contributed by atoms with E-state index in [4.69, 9.17) is 21.1 Å². The molecule has 2 heterocycles. The number of ether oxygens (including phenoxy) is 2. The van der Waals surface area contributed by atoms with E-state index in [2.05, 4.69) is 0 Å². The fraction of sp³-hybridized carbons (Fsp3) is 0.286. The van der Waals surface area contributed by atoms with Gasteiger partial charge in [-0.3, -0.25) is 14.5 Å². The second-order valence-electron chi connectivity index (χ2n) is 4.87. The number of carbonyl (C=O) groups excluding carboxylic acids is 2. The highest BCUT2D eigenvalue weighted by Gasteiger charge is 2.36. The van der Waals surface area contributed by atoms with Crippen molar-refractivity contribution in [1.82, 2.24) is 4.90 Å². The Morgan fingerprint density at radius 2 is 1.95 bits per heavy atom. The van der Waals surface area contributed by atoms with Crippen LogP contribution < -0.4 is 9.47 Å². The largest absolute Gasteiger partial charge is 0.454 e. The lowest BCUT2D eigenvalue weighted by Gasteiger charge is -2.16. The number of amides is 2. The molecule has 7 heteroatoms. The monoisotopic (exact) mass is 325 g/mol. The van der Waals surface area contributed by atoms with Gasteiger partial charge in [-0.25, -0.2) is 0 Å². The molecule has 0 radical (unpaired) electrons. The number of rotatable bonds is 2. The van der Waals surface area contributed by atoms with Crippen LogP contribution in [0.5, 0.6) is 11.5 Å². The summed E-state index contributed by atoms with van der Waals surface area (Å²) in [6.07, 6.45) is 1.61. The highest BCUT2D eigenvalue weighted by Crippen LogP contribution is 2.40. The van der Waals surface area contributed by atoms with Crippen molar-refractivity contribution in [2.45, 2.75) is 19.9 Å². The van der Waals surface area contributed by atoms with Crippen LogP contribution in [0.4, 0.5) is 4.79 Å². The Bertz CT molecular complexity index is 671. The van der Waals surface area contributed by atoms with Gasteiger partial charge in [0.1, 0.15) is 0 Å². The molecule has 1 aromatic rings. The van der Waals surface area contributed by atoms with Crippen LogP contribution >= 0.6 is 23.4 Å². The lowest BCUT2D eigenvalue weighted by atomic mass is 10.1. The van der Waals surface area contributed by atoms with Crippen molar-refractivity contribution in [2.75, 3.05) is 6.79 Å². The molecule has 0 N–H and O–H groups in total. The molecular weight excluding hydrogens is 314 g/mol. The summed E-state index contributed by atoms with van der Waals surface area (Å²) in [7, 11) is 0. The Kier molecular flexibility index (Phi) is 3.59. The minimum atomic E-state index is -0.297.